The van der Waals surface area contributed by atoms with E-state index < -0.39 is 133 Å². The van der Waals surface area contributed by atoms with E-state index in [9.17, 15) is 66.1 Å². The Labute approximate surface area is 293 Å². The second-order valence-corrected chi connectivity index (χ2v) is 12.9. The van der Waals surface area contributed by atoms with Gasteiger partial charge < -0.3 is 89.4 Å². The zero-order valence-electron chi connectivity index (χ0n) is 27.3. The Kier molecular flexibility index (Phi) is 11.1. The smallest absolute Gasteiger partial charge is 0.229 e. The fourth-order valence-electron chi connectivity index (χ4n) is 6.51. The van der Waals surface area contributed by atoms with Gasteiger partial charge in [-0.25, -0.2) is 0 Å². The fourth-order valence-corrected chi connectivity index (χ4v) is 6.51. The van der Waals surface area contributed by atoms with E-state index in [0.717, 1.165) is 12.1 Å². The Balaban J connectivity index is 1.23. The quantitative estimate of drug-likeness (QED) is 0.106. The molecular formula is C33H40O19. The standard InChI is InChI=1S/C33H40O19/c1-10-21(39)23(41)27(45)32(47-10)52-29-18(9-35)51-33(28(46)26(29)44)48-12-4-2-11(3-5-12)16-7-15(38)19-13(36)6-14(37)20(30(19)49-16)31-25(43)24(42)22(40)17(8-34)50-31/h2-7,10,17-18,21-29,31-37,39-46H,8-9H2,1H3. The Morgan fingerprint density at radius 2 is 1.31 bits per heavy atom. The highest BCUT2D eigenvalue weighted by Crippen LogP contribution is 2.44. The van der Waals surface area contributed by atoms with Crippen LogP contribution in [0, 0.1) is 0 Å². The lowest BCUT2D eigenvalue weighted by Gasteiger charge is -2.45. The van der Waals surface area contributed by atoms with Crippen molar-refractivity contribution < 1.29 is 89.4 Å². The van der Waals surface area contributed by atoms with Crippen LogP contribution in [0.4, 0.5) is 0 Å². The van der Waals surface area contributed by atoms with Gasteiger partial charge in [-0.15, -0.1) is 0 Å². The van der Waals surface area contributed by atoms with Crippen molar-refractivity contribution in [1.82, 2.24) is 0 Å². The molecule has 3 saturated heterocycles. The number of hydrogen-bond donors (Lipinski definition) is 12. The molecule has 3 fully saturated rings. The van der Waals surface area contributed by atoms with E-state index in [1.807, 2.05) is 0 Å². The largest absolute Gasteiger partial charge is 0.507 e. The number of aromatic hydroxyl groups is 2. The maximum atomic E-state index is 13.2. The van der Waals surface area contributed by atoms with Crippen LogP contribution in [0.1, 0.15) is 18.6 Å². The molecule has 0 radical (unpaired) electrons. The number of phenolic OH excluding ortho intramolecular Hbond substituents is 2. The molecule has 19 nitrogen and oxygen atoms in total. The van der Waals surface area contributed by atoms with Gasteiger partial charge in [-0.3, -0.25) is 4.79 Å². The molecule has 0 aliphatic carbocycles. The van der Waals surface area contributed by atoms with Gasteiger partial charge in [0.1, 0.15) is 102 Å². The molecule has 3 aliphatic rings. The van der Waals surface area contributed by atoms with Crippen LogP contribution in [0.15, 0.2) is 45.6 Å². The van der Waals surface area contributed by atoms with Crippen molar-refractivity contribution in [2.45, 2.75) is 98.9 Å². The molecule has 19 heteroatoms. The lowest BCUT2D eigenvalue weighted by Crippen LogP contribution is -2.64. The first-order chi connectivity index (χ1) is 24.7. The van der Waals surface area contributed by atoms with Gasteiger partial charge in [0.05, 0.1) is 24.9 Å². The second kappa shape index (κ2) is 15.1. The highest BCUT2D eigenvalue weighted by atomic mass is 16.7. The third kappa shape index (κ3) is 6.85. The Bertz CT molecular complexity index is 1760. The van der Waals surface area contributed by atoms with Gasteiger partial charge in [-0.2, -0.15) is 0 Å². The predicted molar refractivity (Wildman–Crippen MR) is 170 cm³/mol. The van der Waals surface area contributed by atoms with E-state index in [1.54, 1.807) is 0 Å². The minimum Gasteiger partial charge on any atom is -0.507 e. The summed E-state index contributed by atoms with van der Waals surface area (Å²) in [5.74, 6) is -1.40. The third-order valence-electron chi connectivity index (χ3n) is 9.49. The minimum atomic E-state index is -1.86. The number of aliphatic hydroxyl groups excluding tert-OH is 10. The van der Waals surface area contributed by atoms with Gasteiger partial charge in [-0.05, 0) is 31.2 Å². The monoisotopic (exact) mass is 740 g/mol. The second-order valence-electron chi connectivity index (χ2n) is 12.9. The molecule has 0 saturated carbocycles. The first-order valence-corrected chi connectivity index (χ1v) is 16.2. The van der Waals surface area contributed by atoms with Crippen molar-refractivity contribution in [1.29, 1.82) is 0 Å². The van der Waals surface area contributed by atoms with Crippen molar-refractivity contribution in [2.75, 3.05) is 13.2 Å². The lowest BCUT2D eigenvalue weighted by molar-refractivity contribution is -0.349. The molecule has 4 heterocycles. The molecule has 286 valence electrons. The van der Waals surface area contributed by atoms with Crippen molar-refractivity contribution in [3.63, 3.8) is 0 Å². The summed E-state index contributed by atoms with van der Waals surface area (Å²) in [5.41, 5.74) is -1.30. The van der Waals surface area contributed by atoms with Crippen LogP contribution >= 0.6 is 0 Å². The molecule has 0 amide bonds. The van der Waals surface area contributed by atoms with Crippen LogP contribution in [-0.4, -0.2) is 160 Å². The molecule has 6 rings (SSSR count). The summed E-state index contributed by atoms with van der Waals surface area (Å²) in [6.07, 6.45) is -23.6. The number of phenols is 2. The predicted octanol–water partition coefficient (Wildman–Crippen LogP) is -3.58. The van der Waals surface area contributed by atoms with Crippen LogP contribution in [0.25, 0.3) is 22.3 Å². The first-order valence-electron chi connectivity index (χ1n) is 16.2. The number of rotatable bonds is 8. The van der Waals surface area contributed by atoms with Gasteiger partial charge in [-0.1, -0.05) is 0 Å². The van der Waals surface area contributed by atoms with Crippen LogP contribution in [0.5, 0.6) is 17.2 Å². The summed E-state index contributed by atoms with van der Waals surface area (Å²) in [6, 6.07) is 7.43. The van der Waals surface area contributed by atoms with Gasteiger partial charge in [0.25, 0.3) is 0 Å². The lowest BCUT2D eigenvalue weighted by atomic mass is 9.89. The highest BCUT2D eigenvalue weighted by Gasteiger charge is 2.51. The summed E-state index contributed by atoms with van der Waals surface area (Å²) in [4.78, 5) is 13.2. The summed E-state index contributed by atoms with van der Waals surface area (Å²) in [7, 11) is 0. The van der Waals surface area contributed by atoms with Crippen molar-refractivity contribution in [3.05, 3.63) is 52.2 Å². The Morgan fingerprint density at radius 3 is 1.96 bits per heavy atom. The number of fused-ring (bicyclic) bond motifs is 1. The molecule has 0 bridgehead atoms. The summed E-state index contributed by atoms with van der Waals surface area (Å²) >= 11 is 0. The van der Waals surface area contributed by atoms with Gasteiger partial charge in [0, 0.05) is 17.7 Å². The van der Waals surface area contributed by atoms with Crippen molar-refractivity contribution >= 4 is 11.0 Å². The van der Waals surface area contributed by atoms with Crippen LogP contribution in [0.3, 0.4) is 0 Å². The number of aliphatic hydroxyl groups is 10. The minimum absolute atomic E-state index is 0.0634. The molecule has 15 unspecified atom stereocenters. The van der Waals surface area contributed by atoms with Crippen LogP contribution in [-0.2, 0) is 18.9 Å². The summed E-state index contributed by atoms with van der Waals surface area (Å²) < 4.78 is 33.9. The van der Waals surface area contributed by atoms with Crippen LogP contribution < -0.4 is 10.2 Å². The number of hydrogen-bond acceptors (Lipinski definition) is 19. The molecule has 3 aromatic rings. The van der Waals surface area contributed by atoms with E-state index in [1.165, 1.54) is 31.2 Å². The maximum absolute atomic E-state index is 13.2. The van der Waals surface area contributed by atoms with E-state index in [2.05, 4.69) is 0 Å². The Morgan fingerprint density at radius 1 is 0.673 bits per heavy atom. The Hall–Kier alpha value is -3.51. The van der Waals surface area contributed by atoms with E-state index in [-0.39, 0.29) is 22.6 Å². The van der Waals surface area contributed by atoms with Gasteiger partial charge >= 0.3 is 0 Å². The van der Waals surface area contributed by atoms with Crippen LogP contribution in [0.2, 0.25) is 0 Å². The zero-order valence-corrected chi connectivity index (χ0v) is 27.3. The molecule has 52 heavy (non-hydrogen) atoms. The third-order valence-corrected chi connectivity index (χ3v) is 9.49. The SMILES string of the molecule is CC1OC(OC2C(CO)OC(Oc3ccc(-c4cc(=O)c5c(O)cc(O)c(C6OC(CO)C(O)C(O)C6O)c5o4)cc3)C(O)C2O)C(O)C(O)C1O. The normalized spacial score (nSPS) is 38.3. The van der Waals surface area contributed by atoms with Crippen molar-refractivity contribution in [2.24, 2.45) is 0 Å². The molecule has 1 aromatic heterocycles. The first kappa shape index (κ1) is 38.2. The average Bonchev–Trinajstić information content (AvgIpc) is 3.12. The molecule has 3 aliphatic heterocycles. The topological polar surface area (TPSA) is 319 Å². The van der Waals surface area contributed by atoms with Crippen molar-refractivity contribution in [3.8, 4) is 28.6 Å². The van der Waals surface area contributed by atoms with Gasteiger partial charge in [0.2, 0.25) is 6.29 Å². The number of benzene rings is 2. The summed E-state index contributed by atoms with van der Waals surface area (Å²) in [6.45, 7) is -0.0924. The maximum Gasteiger partial charge on any atom is 0.229 e. The van der Waals surface area contributed by atoms with E-state index in [4.69, 9.17) is 28.1 Å². The fraction of sp³-hybridized carbons (Fsp3) is 0.545. The number of ether oxygens (including phenoxy) is 5. The average molecular weight is 741 g/mol. The molecule has 12 N–H and O–H groups in total. The molecular weight excluding hydrogens is 700 g/mol. The zero-order chi connectivity index (χ0) is 37.8. The summed E-state index contributed by atoms with van der Waals surface area (Å²) in [5, 5.41) is 124. The molecule has 2 aromatic carbocycles. The van der Waals surface area contributed by atoms with Gasteiger partial charge in [0.15, 0.2) is 17.3 Å². The van der Waals surface area contributed by atoms with E-state index in [0.29, 0.717) is 0 Å². The van der Waals surface area contributed by atoms with E-state index >= 15 is 0 Å². The molecule has 15 atom stereocenters. The highest BCUT2D eigenvalue weighted by molar-refractivity contribution is 5.89. The molecule has 0 spiro atoms.